The van der Waals surface area contributed by atoms with Crippen LogP contribution in [0.1, 0.15) is 47.1 Å². The number of carbonyl (C=O) groups is 1. The summed E-state index contributed by atoms with van der Waals surface area (Å²) in [7, 11) is 0. The molecule has 1 aromatic carbocycles. The summed E-state index contributed by atoms with van der Waals surface area (Å²) in [5.74, 6) is -0.363. The Kier molecular flexibility index (Phi) is 3.83. The molecule has 6 heteroatoms. The number of piperidine rings is 1. The quantitative estimate of drug-likeness (QED) is 0.768. The predicted molar refractivity (Wildman–Crippen MR) is 103 cm³/mol. The minimum absolute atomic E-state index is 0.363. The normalized spacial score (nSPS) is 25.8. The van der Waals surface area contributed by atoms with Crippen LogP contribution in [0.2, 0.25) is 0 Å². The third-order valence-electron chi connectivity index (χ3n) is 6.06. The standard InChI is InChI=1S/C20H22N4OS/c21-20(25)14-2-1-13-5-7-23(18(13)9-14)17-10-15-3-4-16(11-17)24(15)12-19-22-6-8-26-19/h1-2,5-9,15-17H,3-4,10-12H2,(H2,21,25)/t15-,16+,17?. The van der Waals surface area contributed by atoms with E-state index in [9.17, 15) is 4.79 Å². The molecule has 134 valence electrons. The summed E-state index contributed by atoms with van der Waals surface area (Å²) in [6, 6.07) is 9.64. The predicted octanol–water partition coefficient (Wildman–Crippen LogP) is 3.56. The average molecular weight is 366 g/mol. The second-order valence-electron chi connectivity index (χ2n) is 7.47. The van der Waals surface area contributed by atoms with Gasteiger partial charge >= 0.3 is 0 Å². The van der Waals surface area contributed by atoms with E-state index in [0.717, 1.165) is 24.9 Å². The highest BCUT2D eigenvalue weighted by Gasteiger charge is 2.41. The molecule has 2 aliphatic rings. The SMILES string of the molecule is NC(=O)c1ccc2ccn(C3C[C@H]4CC[C@@H](C3)N4Cc3nccs3)c2c1. The molecule has 2 saturated heterocycles. The largest absolute Gasteiger partial charge is 0.366 e. The van der Waals surface area contributed by atoms with E-state index < -0.39 is 0 Å². The van der Waals surface area contributed by atoms with Gasteiger partial charge < -0.3 is 10.3 Å². The van der Waals surface area contributed by atoms with E-state index in [-0.39, 0.29) is 5.91 Å². The maximum Gasteiger partial charge on any atom is 0.248 e. The number of rotatable bonds is 4. The van der Waals surface area contributed by atoms with Crippen molar-refractivity contribution in [1.82, 2.24) is 14.5 Å². The van der Waals surface area contributed by atoms with Gasteiger partial charge in [0.15, 0.2) is 0 Å². The number of hydrogen-bond acceptors (Lipinski definition) is 4. The molecular weight excluding hydrogens is 344 g/mol. The first-order chi connectivity index (χ1) is 12.7. The highest BCUT2D eigenvalue weighted by atomic mass is 32.1. The van der Waals surface area contributed by atoms with Gasteiger partial charge in [-0.25, -0.2) is 4.98 Å². The van der Waals surface area contributed by atoms with Crippen molar-refractivity contribution in [3.05, 3.63) is 52.6 Å². The number of thiazole rings is 1. The molecule has 0 aliphatic carbocycles. The molecule has 2 N–H and O–H groups in total. The number of amides is 1. The van der Waals surface area contributed by atoms with Crippen molar-refractivity contribution in [2.45, 2.75) is 50.4 Å². The first-order valence-electron chi connectivity index (χ1n) is 9.23. The van der Waals surface area contributed by atoms with E-state index in [1.807, 2.05) is 24.4 Å². The van der Waals surface area contributed by atoms with Gasteiger partial charge in [-0.2, -0.15) is 0 Å². The Labute approximate surface area is 156 Å². The first kappa shape index (κ1) is 16.0. The highest BCUT2D eigenvalue weighted by molar-refractivity contribution is 7.09. The zero-order chi connectivity index (χ0) is 17.7. The Morgan fingerprint density at radius 3 is 2.69 bits per heavy atom. The molecule has 0 spiro atoms. The van der Waals surface area contributed by atoms with Crippen LogP contribution in [0, 0.1) is 0 Å². The highest BCUT2D eigenvalue weighted by Crippen LogP contribution is 2.42. The smallest absolute Gasteiger partial charge is 0.248 e. The molecular formula is C20H22N4OS. The molecule has 1 unspecified atom stereocenters. The third kappa shape index (κ3) is 2.64. The topological polar surface area (TPSA) is 64.2 Å². The van der Waals surface area contributed by atoms with Crippen LogP contribution < -0.4 is 5.73 Å². The molecule has 0 saturated carbocycles. The Hall–Kier alpha value is -2.18. The van der Waals surface area contributed by atoms with Gasteiger partial charge in [-0.1, -0.05) is 6.07 Å². The minimum atomic E-state index is -0.363. The lowest BCUT2D eigenvalue weighted by molar-refractivity contribution is 0.0996. The number of hydrogen-bond donors (Lipinski definition) is 1. The molecule has 5 nitrogen and oxygen atoms in total. The molecule has 0 radical (unpaired) electrons. The van der Waals surface area contributed by atoms with Gasteiger partial charge in [0.1, 0.15) is 5.01 Å². The van der Waals surface area contributed by atoms with Gasteiger partial charge in [0, 0.05) is 47.0 Å². The van der Waals surface area contributed by atoms with Gasteiger partial charge in [-0.05, 0) is 49.3 Å². The Bertz CT molecular complexity index is 934. The molecule has 4 heterocycles. The van der Waals surface area contributed by atoms with Crippen LogP contribution in [0.4, 0.5) is 0 Å². The molecule has 2 aromatic heterocycles. The molecule has 2 aliphatic heterocycles. The van der Waals surface area contributed by atoms with Crippen molar-refractivity contribution in [3.8, 4) is 0 Å². The molecule has 26 heavy (non-hydrogen) atoms. The van der Waals surface area contributed by atoms with Gasteiger partial charge in [-0.15, -0.1) is 11.3 Å². The number of aromatic nitrogens is 2. The van der Waals surface area contributed by atoms with Gasteiger partial charge in [0.05, 0.1) is 6.54 Å². The fourth-order valence-corrected chi connectivity index (χ4v) is 5.46. The van der Waals surface area contributed by atoms with E-state index in [4.69, 9.17) is 5.73 Å². The summed E-state index contributed by atoms with van der Waals surface area (Å²) >= 11 is 1.75. The molecule has 3 aromatic rings. The molecule has 3 atom stereocenters. The van der Waals surface area contributed by atoms with Gasteiger partial charge in [0.25, 0.3) is 0 Å². The van der Waals surface area contributed by atoms with Crippen LogP contribution in [0.3, 0.4) is 0 Å². The van der Waals surface area contributed by atoms with Crippen molar-refractivity contribution in [2.24, 2.45) is 5.73 Å². The van der Waals surface area contributed by atoms with Crippen LogP contribution in [-0.2, 0) is 6.54 Å². The Morgan fingerprint density at radius 1 is 1.19 bits per heavy atom. The minimum Gasteiger partial charge on any atom is -0.366 e. The van der Waals surface area contributed by atoms with Crippen molar-refractivity contribution in [3.63, 3.8) is 0 Å². The number of fused-ring (bicyclic) bond motifs is 3. The first-order valence-corrected chi connectivity index (χ1v) is 10.1. The van der Waals surface area contributed by atoms with E-state index in [2.05, 4.69) is 32.1 Å². The summed E-state index contributed by atoms with van der Waals surface area (Å²) < 4.78 is 2.37. The number of benzene rings is 1. The van der Waals surface area contributed by atoms with Crippen LogP contribution >= 0.6 is 11.3 Å². The molecule has 1 amide bonds. The summed E-state index contributed by atoms with van der Waals surface area (Å²) in [6.07, 6.45) is 8.95. The Balaban J connectivity index is 1.42. The van der Waals surface area contributed by atoms with Crippen molar-refractivity contribution in [2.75, 3.05) is 0 Å². The molecule has 2 fully saturated rings. The zero-order valence-corrected chi connectivity index (χ0v) is 15.4. The summed E-state index contributed by atoms with van der Waals surface area (Å²) in [6.45, 7) is 0.984. The maximum absolute atomic E-state index is 11.6. The van der Waals surface area contributed by atoms with Crippen molar-refractivity contribution >= 4 is 28.1 Å². The molecule has 2 bridgehead atoms. The van der Waals surface area contributed by atoms with Crippen molar-refractivity contribution in [1.29, 1.82) is 0 Å². The fraction of sp³-hybridized carbons (Fsp3) is 0.400. The number of nitrogens with zero attached hydrogens (tertiary/aromatic N) is 3. The second kappa shape index (κ2) is 6.21. The van der Waals surface area contributed by atoms with Gasteiger partial charge in [0.2, 0.25) is 5.91 Å². The lowest BCUT2D eigenvalue weighted by Crippen LogP contribution is -2.42. The van der Waals surface area contributed by atoms with E-state index in [1.165, 1.54) is 23.2 Å². The summed E-state index contributed by atoms with van der Waals surface area (Å²) in [4.78, 5) is 18.7. The average Bonchev–Trinajstić information content (AvgIpc) is 3.34. The van der Waals surface area contributed by atoms with Crippen LogP contribution in [0.5, 0.6) is 0 Å². The van der Waals surface area contributed by atoms with E-state index in [1.54, 1.807) is 11.3 Å². The third-order valence-corrected chi connectivity index (χ3v) is 6.83. The number of carbonyl (C=O) groups excluding carboxylic acids is 1. The molecule has 5 rings (SSSR count). The number of nitrogens with two attached hydrogens (primary N) is 1. The maximum atomic E-state index is 11.6. The Morgan fingerprint density at radius 2 is 2.00 bits per heavy atom. The lowest BCUT2D eigenvalue weighted by atomic mass is 9.97. The number of primary amides is 1. The fourth-order valence-electron chi connectivity index (χ4n) is 4.84. The van der Waals surface area contributed by atoms with Crippen LogP contribution in [-0.4, -0.2) is 32.4 Å². The van der Waals surface area contributed by atoms with Crippen LogP contribution in [0.25, 0.3) is 10.9 Å². The van der Waals surface area contributed by atoms with E-state index in [0.29, 0.717) is 23.7 Å². The van der Waals surface area contributed by atoms with Crippen molar-refractivity contribution < 1.29 is 4.79 Å². The lowest BCUT2D eigenvalue weighted by Gasteiger charge is -2.39. The van der Waals surface area contributed by atoms with Gasteiger partial charge in [-0.3, -0.25) is 9.69 Å². The summed E-state index contributed by atoms with van der Waals surface area (Å²) in [5, 5.41) is 4.46. The van der Waals surface area contributed by atoms with Crippen LogP contribution in [0.15, 0.2) is 42.0 Å². The second-order valence-corrected chi connectivity index (χ2v) is 8.45. The van der Waals surface area contributed by atoms with E-state index >= 15 is 0 Å². The summed E-state index contributed by atoms with van der Waals surface area (Å²) in [5.41, 5.74) is 7.19. The zero-order valence-electron chi connectivity index (χ0n) is 14.5. The monoisotopic (exact) mass is 366 g/mol.